The zero-order valence-electron chi connectivity index (χ0n) is 5.95. The van der Waals surface area contributed by atoms with E-state index in [2.05, 4.69) is 6.08 Å². The maximum absolute atomic E-state index is 5.41. The van der Waals surface area contributed by atoms with E-state index in [9.17, 15) is 0 Å². The van der Waals surface area contributed by atoms with E-state index in [1.54, 1.807) is 6.26 Å². The Morgan fingerprint density at radius 3 is 3.30 bits per heavy atom. The van der Waals surface area contributed by atoms with Crippen LogP contribution < -0.4 is 0 Å². The van der Waals surface area contributed by atoms with Crippen molar-refractivity contribution in [2.45, 2.75) is 25.6 Å². The predicted octanol–water partition coefficient (Wildman–Crippen LogP) is 1.67. The third kappa shape index (κ3) is 1.03. The number of hydrogen-bond acceptors (Lipinski definition) is 2. The van der Waals surface area contributed by atoms with E-state index in [-0.39, 0.29) is 6.29 Å². The second-order valence-corrected chi connectivity index (χ2v) is 2.89. The molecule has 2 rings (SSSR count). The van der Waals surface area contributed by atoms with Crippen LogP contribution in [0.4, 0.5) is 0 Å². The first-order valence-electron chi connectivity index (χ1n) is 3.89. The highest BCUT2D eigenvalue weighted by molar-refractivity contribution is 4.86. The number of hydrogen-bond donors (Lipinski definition) is 0. The molecule has 0 radical (unpaired) electrons. The highest BCUT2D eigenvalue weighted by Crippen LogP contribution is 2.27. The fraction of sp³-hybridized carbons (Fsp3) is 0.750. The SMILES string of the molecule is C1=CO[C@@H]2OCCC[C@@H]2C1. The lowest BCUT2D eigenvalue weighted by Gasteiger charge is -2.32. The second-order valence-electron chi connectivity index (χ2n) is 2.89. The molecule has 0 amide bonds. The van der Waals surface area contributed by atoms with Gasteiger partial charge >= 0.3 is 0 Å². The molecular weight excluding hydrogens is 128 g/mol. The highest BCUT2D eigenvalue weighted by Gasteiger charge is 2.27. The van der Waals surface area contributed by atoms with Gasteiger partial charge in [0.05, 0.1) is 12.9 Å². The number of fused-ring (bicyclic) bond motifs is 1. The molecule has 2 aliphatic heterocycles. The third-order valence-electron chi connectivity index (χ3n) is 2.13. The molecule has 0 aromatic rings. The molecule has 2 aliphatic rings. The fourth-order valence-corrected chi connectivity index (χ4v) is 1.56. The maximum Gasteiger partial charge on any atom is 0.202 e. The molecule has 0 saturated carbocycles. The van der Waals surface area contributed by atoms with Crippen LogP contribution in [0.3, 0.4) is 0 Å². The van der Waals surface area contributed by atoms with E-state index in [1.807, 2.05) is 0 Å². The first-order valence-corrected chi connectivity index (χ1v) is 3.89. The summed E-state index contributed by atoms with van der Waals surface area (Å²) in [6.45, 7) is 0.870. The van der Waals surface area contributed by atoms with Crippen LogP contribution in [0.15, 0.2) is 12.3 Å². The average Bonchev–Trinajstić information content (AvgIpc) is 2.05. The Hall–Kier alpha value is -0.500. The van der Waals surface area contributed by atoms with Gasteiger partial charge in [0.2, 0.25) is 6.29 Å². The lowest BCUT2D eigenvalue weighted by Crippen LogP contribution is -2.32. The zero-order valence-corrected chi connectivity index (χ0v) is 5.95. The molecule has 0 spiro atoms. The van der Waals surface area contributed by atoms with Gasteiger partial charge in [-0.15, -0.1) is 0 Å². The van der Waals surface area contributed by atoms with Gasteiger partial charge in [-0.25, -0.2) is 0 Å². The van der Waals surface area contributed by atoms with Gasteiger partial charge in [-0.1, -0.05) is 0 Å². The van der Waals surface area contributed by atoms with Crippen LogP contribution in [0.5, 0.6) is 0 Å². The minimum Gasteiger partial charge on any atom is -0.473 e. The summed E-state index contributed by atoms with van der Waals surface area (Å²) in [5.41, 5.74) is 0. The average molecular weight is 140 g/mol. The molecule has 1 saturated heterocycles. The topological polar surface area (TPSA) is 18.5 Å². The summed E-state index contributed by atoms with van der Waals surface area (Å²) in [6, 6.07) is 0. The first kappa shape index (κ1) is 6.23. The van der Waals surface area contributed by atoms with Gasteiger partial charge in [-0.05, 0) is 25.3 Å². The van der Waals surface area contributed by atoms with Gasteiger partial charge in [0.15, 0.2) is 0 Å². The van der Waals surface area contributed by atoms with Crippen molar-refractivity contribution in [1.82, 2.24) is 0 Å². The van der Waals surface area contributed by atoms with Crippen molar-refractivity contribution < 1.29 is 9.47 Å². The van der Waals surface area contributed by atoms with E-state index in [1.165, 1.54) is 12.8 Å². The molecule has 0 aromatic heterocycles. The highest BCUT2D eigenvalue weighted by atomic mass is 16.7. The molecule has 0 unspecified atom stereocenters. The number of rotatable bonds is 0. The molecule has 56 valence electrons. The minimum absolute atomic E-state index is 0.0683. The summed E-state index contributed by atoms with van der Waals surface area (Å²) in [7, 11) is 0. The van der Waals surface area contributed by atoms with Crippen molar-refractivity contribution in [1.29, 1.82) is 0 Å². The van der Waals surface area contributed by atoms with Crippen molar-refractivity contribution in [2.24, 2.45) is 5.92 Å². The van der Waals surface area contributed by atoms with Crippen molar-refractivity contribution in [3.8, 4) is 0 Å². The Bertz CT molecular complexity index is 126. The van der Waals surface area contributed by atoms with Crippen LogP contribution in [0.2, 0.25) is 0 Å². The molecule has 0 aliphatic carbocycles. The van der Waals surface area contributed by atoms with Crippen molar-refractivity contribution in [2.75, 3.05) is 6.61 Å². The smallest absolute Gasteiger partial charge is 0.202 e. The lowest BCUT2D eigenvalue weighted by molar-refractivity contribution is -0.168. The fourth-order valence-electron chi connectivity index (χ4n) is 1.56. The largest absolute Gasteiger partial charge is 0.473 e. The molecule has 0 aromatic carbocycles. The lowest BCUT2D eigenvalue weighted by atomic mass is 9.96. The Kier molecular flexibility index (Phi) is 1.63. The summed E-state index contributed by atoms with van der Waals surface area (Å²) in [4.78, 5) is 0. The van der Waals surface area contributed by atoms with Crippen LogP contribution in [0.1, 0.15) is 19.3 Å². The van der Waals surface area contributed by atoms with E-state index in [0.29, 0.717) is 5.92 Å². The molecule has 1 fully saturated rings. The quantitative estimate of drug-likeness (QED) is 0.509. The number of allylic oxidation sites excluding steroid dienone is 1. The molecule has 2 nitrogen and oxygen atoms in total. The van der Waals surface area contributed by atoms with E-state index >= 15 is 0 Å². The minimum atomic E-state index is 0.0683. The van der Waals surface area contributed by atoms with Crippen molar-refractivity contribution >= 4 is 0 Å². The zero-order chi connectivity index (χ0) is 6.81. The van der Waals surface area contributed by atoms with Crippen LogP contribution in [0.25, 0.3) is 0 Å². The molecule has 2 heterocycles. The Morgan fingerprint density at radius 2 is 2.40 bits per heavy atom. The summed E-state index contributed by atoms with van der Waals surface area (Å²) in [6.07, 6.45) is 7.49. The van der Waals surface area contributed by atoms with Crippen LogP contribution in [-0.2, 0) is 9.47 Å². The monoisotopic (exact) mass is 140 g/mol. The molecule has 0 bridgehead atoms. The summed E-state index contributed by atoms with van der Waals surface area (Å²) in [5, 5.41) is 0. The molecule has 2 atom stereocenters. The molecular formula is C8H12O2. The van der Waals surface area contributed by atoms with E-state index < -0.39 is 0 Å². The first-order chi connectivity index (χ1) is 4.97. The van der Waals surface area contributed by atoms with Gasteiger partial charge in [-0.2, -0.15) is 0 Å². The Morgan fingerprint density at radius 1 is 1.40 bits per heavy atom. The Balaban J connectivity index is 2.01. The van der Waals surface area contributed by atoms with Gasteiger partial charge < -0.3 is 9.47 Å². The van der Waals surface area contributed by atoms with Gasteiger partial charge in [0.1, 0.15) is 0 Å². The van der Waals surface area contributed by atoms with E-state index in [0.717, 1.165) is 13.0 Å². The second kappa shape index (κ2) is 2.62. The van der Waals surface area contributed by atoms with Gasteiger partial charge in [0.25, 0.3) is 0 Å². The molecule has 0 N–H and O–H groups in total. The van der Waals surface area contributed by atoms with E-state index in [4.69, 9.17) is 9.47 Å². The summed E-state index contributed by atoms with van der Waals surface area (Å²) in [5.74, 6) is 0.624. The normalized spacial score (nSPS) is 38.4. The van der Waals surface area contributed by atoms with Crippen LogP contribution >= 0.6 is 0 Å². The molecule has 10 heavy (non-hydrogen) atoms. The Labute approximate surface area is 60.8 Å². The maximum atomic E-state index is 5.41. The molecule has 2 heteroatoms. The summed E-state index contributed by atoms with van der Waals surface area (Å²) >= 11 is 0. The summed E-state index contributed by atoms with van der Waals surface area (Å²) < 4.78 is 10.7. The van der Waals surface area contributed by atoms with Gasteiger partial charge in [-0.3, -0.25) is 0 Å². The van der Waals surface area contributed by atoms with Crippen molar-refractivity contribution in [3.05, 3.63) is 12.3 Å². The standard InChI is InChI=1S/C8H12O2/c1-3-7-4-2-6-10-8(7)9-5-1/h1,5,7-8H,2-4,6H2/t7-,8+/m0/s1. The third-order valence-corrected chi connectivity index (χ3v) is 2.13. The predicted molar refractivity (Wildman–Crippen MR) is 37.3 cm³/mol. The van der Waals surface area contributed by atoms with Gasteiger partial charge in [0, 0.05) is 5.92 Å². The van der Waals surface area contributed by atoms with Crippen molar-refractivity contribution in [3.63, 3.8) is 0 Å². The number of ether oxygens (including phenoxy) is 2. The van der Waals surface area contributed by atoms with Crippen LogP contribution in [-0.4, -0.2) is 12.9 Å². The van der Waals surface area contributed by atoms with Crippen LogP contribution in [0, 0.1) is 5.92 Å².